The first kappa shape index (κ1) is 54.9. The number of H-pyrrole nitrogens is 2. The molecule has 19 nitrogen and oxygen atoms in total. The van der Waals surface area contributed by atoms with Crippen LogP contribution in [0.5, 0.6) is 11.5 Å². The van der Waals surface area contributed by atoms with Crippen LogP contribution in [-0.2, 0) is 38.4 Å². The fourth-order valence-corrected chi connectivity index (χ4v) is 12.4. The Morgan fingerprint density at radius 3 is 2.04 bits per heavy atom. The summed E-state index contributed by atoms with van der Waals surface area (Å²) < 4.78 is 55.9. The van der Waals surface area contributed by atoms with Gasteiger partial charge in [-0.1, -0.05) is 54.6 Å². The molecule has 0 spiro atoms. The van der Waals surface area contributed by atoms with Crippen LogP contribution in [0.25, 0.3) is 0 Å². The Hall–Kier alpha value is -5.88. The van der Waals surface area contributed by atoms with Gasteiger partial charge < -0.3 is 37.5 Å². The Labute approximate surface area is 428 Å². The normalized spacial score (nSPS) is 21.4. The van der Waals surface area contributed by atoms with Crippen molar-refractivity contribution in [3.63, 3.8) is 0 Å². The summed E-state index contributed by atoms with van der Waals surface area (Å²) in [5.74, 6) is 0.556. The zero-order valence-electron chi connectivity index (χ0n) is 42.1. The van der Waals surface area contributed by atoms with Crippen LogP contribution in [0.3, 0.4) is 0 Å². The van der Waals surface area contributed by atoms with E-state index in [4.69, 9.17) is 37.5 Å². The number of carbonyl (C=O) groups is 1. The van der Waals surface area contributed by atoms with Crippen LogP contribution in [-0.4, -0.2) is 105 Å². The summed E-state index contributed by atoms with van der Waals surface area (Å²) in [4.78, 5) is 69.3. The lowest BCUT2D eigenvalue weighted by Gasteiger charge is -2.37. The molecule has 2 aromatic heterocycles. The maximum absolute atomic E-state index is 13.5. The first-order valence-electron chi connectivity index (χ1n) is 24.0. The largest absolute Gasteiger partial charge is 0.497 e. The summed E-state index contributed by atoms with van der Waals surface area (Å²) in [6.07, 6.45) is -2.08. The number of hydrogen-bond acceptors (Lipinski definition) is 16. The van der Waals surface area contributed by atoms with Gasteiger partial charge in [0, 0.05) is 66.9 Å². The number of ether oxygens (including phenoxy) is 6. The molecule has 0 amide bonds. The van der Waals surface area contributed by atoms with Gasteiger partial charge in [0.25, 0.3) is 19.6 Å². The monoisotopic (exact) mass is 1040 g/mol. The molecular weight excluding hydrogens is 980 g/mol. The molecule has 0 aliphatic carbocycles. The average Bonchev–Trinajstić information content (AvgIpc) is 3.92. The molecule has 2 saturated heterocycles. The standard InChI is InChI=1S/C52H63N6O13PS/c1-32(2)58(33(3)4)72(67-26-12-24-53)71-42-27-46(57-28-34(5)48(61)55-51(57)63)69-44(42)31-73-30-41-43(70-49(47(41)68-35(6)59)56-25-23-45(60)54-50(56)62)29-66-52(36-13-10-9-11-14-36,37-15-19-39(64-7)20-16-37)38-17-21-40(65-8)22-18-38/h9-11,13-23,25,28,32-33,41-44,46-47,49H,12,26-27,29-31H2,1-8H3,(H,54,60,62)(H,55,61,63)/t41-,42+,43-,44-,46-,47-,49-,72?/m1/s1. The molecule has 73 heavy (non-hydrogen) atoms. The number of esters is 1. The number of rotatable bonds is 23. The van der Waals surface area contributed by atoms with Gasteiger partial charge in [-0.2, -0.15) is 17.0 Å². The Balaban J connectivity index is 1.27. The van der Waals surface area contributed by atoms with E-state index < -0.39 is 85.4 Å². The van der Waals surface area contributed by atoms with Gasteiger partial charge in [0.05, 0.1) is 58.2 Å². The fourth-order valence-electron chi connectivity index (χ4n) is 9.28. The van der Waals surface area contributed by atoms with E-state index in [1.807, 2.05) is 107 Å². The summed E-state index contributed by atoms with van der Waals surface area (Å²) in [6, 6.07) is 28.2. The molecule has 0 bridgehead atoms. The SMILES string of the molecule is COc1ccc(C(OC[C@H]2O[C@@H](n3ccc(=O)[nH]c3=O)[C@H](OC(C)=O)[C@@H]2CSC[C@H]2O[C@@H](n3cc(C)c(=O)[nH]c3=O)C[C@@H]2OP(OCCC#N)N(C(C)C)C(C)C)(c2ccccc2)c2ccc(OC)cc2)cc1. The van der Waals surface area contributed by atoms with Gasteiger partial charge in [0.2, 0.25) is 0 Å². The van der Waals surface area contributed by atoms with Crippen LogP contribution in [0.4, 0.5) is 0 Å². The lowest BCUT2D eigenvalue weighted by molar-refractivity contribution is -0.154. The molecule has 8 atom stereocenters. The number of nitriles is 1. The predicted molar refractivity (Wildman–Crippen MR) is 275 cm³/mol. The summed E-state index contributed by atoms with van der Waals surface area (Å²) in [6.45, 7) is 11.1. The molecule has 390 valence electrons. The van der Waals surface area contributed by atoms with Crippen LogP contribution >= 0.6 is 20.3 Å². The highest BCUT2D eigenvalue weighted by molar-refractivity contribution is 7.99. The molecule has 4 heterocycles. The smallest absolute Gasteiger partial charge is 0.330 e. The Morgan fingerprint density at radius 1 is 0.849 bits per heavy atom. The van der Waals surface area contributed by atoms with Crippen molar-refractivity contribution >= 4 is 26.3 Å². The van der Waals surface area contributed by atoms with E-state index >= 15 is 0 Å². The quantitative estimate of drug-likeness (QED) is 0.0306. The second-order valence-electron chi connectivity index (χ2n) is 18.2. The van der Waals surface area contributed by atoms with Crippen molar-refractivity contribution in [3.8, 4) is 17.6 Å². The van der Waals surface area contributed by atoms with Crippen molar-refractivity contribution in [3.05, 3.63) is 161 Å². The third kappa shape index (κ3) is 12.7. The highest BCUT2D eigenvalue weighted by Gasteiger charge is 2.50. The van der Waals surface area contributed by atoms with Gasteiger partial charge >= 0.3 is 17.3 Å². The van der Waals surface area contributed by atoms with Gasteiger partial charge in [-0.05, 0) is 75.6 Å². The maximum atomic E-state index is 13.5. The molecule has 3 aromatic carbocycles. The molecular formula is C52H63N6O13PS. The first-order chi connectivity index (χ1) is 35.1. The topological polar surface area (TPSA) is 228 Å². The fraction of sp³-hybridized carbons (Fsp3) is 0.462. The van der Waals surface area contributed by atoms with Crippen molar-refractivity contribution in [1.82, 2.24) is 23.8 Å². The number of benzene rings is 3. The molecule has 2 aliphatic rings. The predicted octanol–water partition coefficient (Wildman–Crippen LogP) is 6.55. The Morgan fingerprint density at radius 2 is 1.47 bits per heavy atom. The van der Waals surface area contributed by atoms with Crippen molar-refractivity contribution in [2.45, 2.75) is 109 Å². The molecule has 21 heteroatoms. The van der Waals surface area contributed by atoms with Gasteiger partial charge in [-0.3, -0.25) is 33.5 Å². The van der Waals surface area contributed by atoms with Crippen LogP contribution in [0, 0.1) is 24.2 Å². The second kappa shape index (κ2) is 24.9. The second-order valence-corrected chi connectivity index (χ2v) is 20.7. The van der Waals surface area contributed by atoms with E-state index in [0.29, 0.717) is 17.1 Å². The van der Waals surface area contributed by atoms with E-state index in [9.17, 15) is 29.2 Å². The van der Waals surface area contributed by atoms with Crippen molar-refractivity contribution in [1.29, 1.82) is 5.26 Å². The summed E-state index contributed by atoms with van der Waals surface area (Å²) in [7, 11) is 1.44. The number of aromatic amines is 2. The first-order valence-corrected chi connectivity index (χ1v) is 26.3. The third-order valence-electron chi connectivity index (χ3n) is 12.7. The van der Waals surface area contributed by atoms with Gasteiger partial charge in [0.15, 0.2) is 12.3 Å². The lowest BCUT2D eigenvalue weighted by atomic mass is 9.80. The number of carbonyl (C=O) groups excluding carboxylic acids is 1. The zero-order valence-corrected chi connectivity index (χ0v) is 43.8. The highest BCUT2D eigenvalue weighted by atomic mass is 32.2. The summed E-state index contributed by atoms with van der Waals surface area (Å²) in [5.41, 5.74) is -1.15. The minimum absolute atomic E-state index is 0.00120. The molecule has 7 rings (SSSR count). The molecule has 5 aromatic rings. The third-order valence-corrected chi connectivity index (χ3v) is 16.0. The minimum atomic E-state index is -1.74. The number of aryl methyl sites for hydroxylation is 1. The number of aromatic nitrogens is 4. The molecule has 1 unspecified atom stereocenters. The Kier molecular flexibility index (Phi) is 18.7. The van der Waals surface area contributed by atoms with Crippen LogP contribution in [0.1, 0.15) is 82.2 Å². The van der Waals surface area contributed by atoms with E-state index in [2.05, 4.69) is 20.7 Å². The number of nitrogens with one attached hydrogen (secondary N) is 2. The van der Waals surface area contributed by atoms with Crippen LogP contribution < -0.4 is 32.0 Å². The molecule has 0 radical (unpaired) electrons. The lowest BCUT2D eigenvalue weighted by Crippen LogP contribution is -2.40. The van der Waals surface area contributed by atoms with Gasteiger partial charge in [-0.25, -0.2) is 14.3 Å². The van der Waals surface area contributed by atoms with Crippen molar-refractivity contribution in [2.24, 2.45) is 5.92 Å². The van der Waals surface area contributed by atoms with E-state index in [1.54, 1.807) is 21.1 Å². The van der Waals surface area contributed by atoms with Crippen molar-refractivity contribution < 1.29 is 42.3 Å². The van der Waals surface area contributed by atoms with Crippen LogP contribution in [0.15, 0.2) is 117 Å². The van der Waals surface area contributed by atoms with Gasteiger partial charge in [0.1, 0.15) is 23.3 Å². The number of thioether (sulfide) groups is 1. The highest BCUT2D eigenvalue weighted by Crippen LogP contribution is 2.51. The van der Waals surface area contributed by atoms with E-state index in [-0.39, 0.29) is 49.6 Å². The summed E-state index contributed by atoms with van der Waals surface area (Å²) in [5, 5.41) is 9.39. The average molecular weight is 1040 g/mol. The number of hydrogen-bond donors (Lipinski definition) is 2. The molecule has 2 fully saturated rings. The number of methoxy groups -OCH3 is 2. The number of nitrogens with zero attached hydrogens (tertiary/aromatic N) is 4. The molecule has 0 saturated carbocycles. The zero-order chi connectivity index (χ0) is 52.4. The summed E-state index contributed by atoms with van der Waals surface area (Å²) >= 11 is 1.46. The molecule has 2 N–H and O–H groups in total. The molecule has 2 aliphatic heterocycles. The van der Waals surface area contributed by atoms with Crippen LogP contribution in [0.2, 0.25) is 0 Å². The van der Waals surface area contributed by atoms with E-state index in [0.717, 1.165) is 16.7 Å². The van der Waals surface area contributed by atoms with Crippen molar-refractivity contribution in [2.75, 3.05) is 38.9 Å². The maximum Gasteiger partial charge on any atom is 0.330 e. The van der Waals surface area contributed by atoms with E-state index in [1.165, 1.54) is 46.3 Å². The Bertz CT molecular complexity index is 2850. The van der Waals surface area contributed by atoms with Gasteiger partial charge in [-0.15, -0.1) is 0 Å². The minimum Gasteiger partial charge on any atom is -0.497 e.